The molecule has 0 aromatic heterocycles. The molecule has 0 spiro atoms. The number of carbonyl (C=O) groups is 1. The van der Waals surface area contributed by atoms with Crippen LogP contribution in [0.3, 0.4) is 0 Å². The summed E-state index contributed by atoms with van der Waals surface area (Å²) in [5, 5.41) is 9.31. The second-order valence-corrected chi connectivity index (χ2v) is 1.02. The van der Waals surface area contributed by atoms with Gasteiger partial charge in [0.25, 0.3) is 0 Å². The van der Waals surface area contributed by atoms with E-state index in [9.17, 15) is 14.3 Å². The maximum Gasteiger partial charge on any atom is 1.00 e. The van der Waals surface area contributed by atoms with Gasteiger partial charge in [-0.2, -0.15) is 0 Å². The van der Waals surface area contributed by atoms with Crippen molar-refractivity contribution >= 4 is 5.78 Å². The van der Waals surface area contributed by atoms with Gasteiger partial charge in [0.15, 0.2) is 11.6 Å². The molecular weight excluding hydrogens is 122 g/mol. The van der Waals surface area contributed by atoms with Gasteiger partial charge in [0.2, 0.25) is 0 Å². The Kier molecular flexibility index (Phi) is 7.26. The number of halogens is 1. The van der Waals surface area contributed by atoms with E-state index in [1.165, 1.54) is 0 Å². The fraction of sp³-hybridized carbons (Fsp3) is 0.250. The summed E-state index contributed by atoms with van der Waals surface area (Å²) >= 11 is 0. The molecule has 0 fully saturated rings. The Balaban J connectivity index is 0. The third kappa shape index (κ3) is 4.30. The van der Waals surface area contributed by atoms with Crippen molar-refractivity contribution in [1.29, 1.82) is 0 Å². The largest absolute Gasteiger partial charge is 1.00 e. The van der Waals surface area contributed by atoms with E-state index >= 15 is 0 Å². The van der Waals surface area contributed by atoms with Crippen molar-refractivity contribution in [3.8, 4) is 0 Å². The van der Waals surface area contributed by atoms with Crippen LogP contribution in [0.4, 0.5) is 4.39 Å². The molecule has 0 heterocycles. The average Bonchev–Trinajstić information content (AvgIpc) is 1.65. The Labute approximate surface area is 68.7 Å². The van der Waals surface area contributed by atoms with Gasteiger partial charge >= 0.3 is 29.6 Å². The minimum absolute atomic E-state index is 0. The fourth-order valence-corrected chi connectivity index (χ4v) is 0.0830. The molecule has 0 aliphatic carbocycles. The first-order valence-corrected chi connectivity index (χ1v) is 1.67. The first-order valence-electron chi connectivity index (χ1n) is 1.67. The summed E-state index contributed by atoms with van der Waals surface area (Å²) < 4.78 is 11.5. The summed E-state index contributed by atoms with van der Waals surface area (Å²) in [7, 11) is 0. The van der Waals surface area contributed by atoms with Gasteiger partial charge in [-0.05, 0) is 0 Å². The number of hydrogen-bond acceptors (Lipinski definition) is 2. The van der Waals surface area contributed by atoms with Crippen molar-refractivity contribution in [3.05, 3.63) is 12.1 Å². The van der Waals surface area contributed by atoms with Crippen LogP contribution in [0, 0.1) is 0 Å². The normalized spacial score (nSPS) is 10.0. The van der Waals surface area contributed by atoms with Crippen LogP contribution in [0.5, 0.6) is 0 Å². The van der Waals surface area contributed by atoms with Gasteiger partial charge in [-0.25, -0.2) is 4.39 Å². The Morgan fingerprint density at radius 1 is 1.75 bits per heavy atom. The average molecular weight is 126 g/mol. The van der Waals surface area contributed by atoms with Crippen LogP contribution >= 0.6 is 0 Å². The van der Waals surface area contributed by atoms with Crippen molar-refractivity contribution in [3.63, 3.8) is 0 Å². The van der Waals surface area contributed by atoms with Crippen molar-refractivity contribution in [2.75, 3.05) is 0 Å². The Hall–Kier alpha value is 0.140. The number of rotatable bonds is 1. The Morgan fingerprint density at radius 3 is 2.12 bits per heavy atom. The summed E-state index contributed by atoms with van der Waals surface area (Å²) in [6.07, 6.45) is -0.109. The molecule has 0 unspecified atom stereocenters. The van der Waals surface area contributed by atoms with Gasteiger partial charge in [-0.15, -0.1) is 6.26 Å². The summed E-state index contributed by atoms with van der Waals surface area (Å²) in [5.41, 5.74) is 0. The van der Waals surface area contributed by atoms with E-state index in [-0.39, 0.29) is 35.8 Å². The summed E-state index contributed by atoms with van der Waals surface area (Å²) in [6.45, 7) is 0.990. The predicted octanol–water partition coefficient (Wildman–Crippen LogP) is -3.25. The van der Waals surface area contributed by atoms with E-state index in [4.69, 9.17) is 0 Å². The van der Waals surface area contributed by atoms with Gasteiger partial charge in [-0.1, -0.05) is 0 Å². The molecule has 0 bridgehead atoms. The minimum atomic E-state index is -1.22. The van der Waals surface area contributed by atoms with Crippen molar-refractivity contribution in [2.45, 2.75) is 6.92 Å². The number of allylic oxidation sites excluding steroid dienone is 1. The van der Waals surface area contributed by atoms with Crippen LogP contribution in [0.25, 0.3) is 0 Å². The van der Waals surface area contributed by atoms with Crippen LogP contribution in [0.1, 0.15) is 6.92 Å². The molecule has 0 atom stereocenters. The molecule has 40 valence electrons. The Bertz CT molecular complexity index is 111. The standard InChI is InChI=1S/C4H5FO2.Na/c1-3(7)4(5)2-6;/h2,6H,1H3;/q;+1/p-1/b4-2-;. The zero-order valence-electron chi connectivity index (χ0n) is 4.77. The first-order chi connectivity index (χ1) is 3.18. The van der Waals surface area contributed by atoms with E-state index in [1.807, 2.05) is 0 Å². The summed E-state index contributed by atoms with van der Waals surface area (Å²) in [4.78, 5) is 9.73. The topological polar surface area (TPSA) is 40.1 Å². The first kappa shape index (κ1) is 11.0. The molecule has 4 heteroatoms. The SMILES string of the molecule is CC(=O)/C(F)=C/[O-].[Na+]. The maximum absolute atomic E-state index is 11.5. The molecule has 0 amide bonds. The van der Waals surface area contributed by atoms with Gasteiger partial charge < -0.3 is 5.11 Å². The van der Waals surface area contributed by atoms with Crippen LogP contribution < -0.4 is 34.7 Å². The quantitative estimate of drug-likeness (QED) is 0.210. The third-order valence-electron chi connectivity index (χ3n) is 0.440. The number of Topliss-reactive ketones (excluding diaryl/α,β-unsaturated/α-hetero) is 1. The van der Waals surface area contributed by atoms with Crippen molar-refractivity contribution in [2.24, 2.45) is 0 Å². The summed E-state index contributed by atoms with van der Waals surface area (Å²) in [6, 6.07) is 0. The number of hydrogen-bond donors (Lipinski definition) is 0. The van der Waals surface area contributed by atoms with Crippen LogP contribution in [-0.4, -0.2) is 5.78 Å². The van der Waals surface area contributed by atoms with Crippen LogP contribution in [0.2, 0.25) is 0 Å². The molecule has 0 saturated carbocycles. The molecule has 0 radical (unpaired) electrons. The molecule has 0 aliphatic heterocycles. The second-order valence-electron chi connectivity index (χ2n) is 1.02. The van der Waals surface area contributed by atoms with E-state index in [0.717, 1.165) is 6.92 Å². The van der Waals surface area contributed by atoms with Crippen LogP contribution in [0.15, 0.2) is 12.1 Å². The smallest absolute Gasteiger partial charge is 0.876 e. The van der Waals surface area contributed by atoms with E-state index in [1.54, 1.807) is 0 Å². The molecule has 0 aliphatic rings. The number of ketones is 1. The van der Waals surface area contributed by atoms with Crippen molar-refractivity contribution < 1.29 is 43.8 Å². The maximum atomic E-state index is 11.5. The van der Waals surface area contributed by atoms with Crippen molar-refractivity contribution in [1.82, 2.24) is 0 Å². The molecular formula is C4H4FNaO2. The van der Waals surface area contributed by atoms with E-state index < -0.39 is 11.6 Å². The van der Waals surface area contributed by atoms with Gasteiger partial charge in [0.1, 0.15) is 0 Å². The van der Waals surface area contributed by atoms with Crippen LogP contribution in [-0.2, 0) is 4.79 Å². The molecule has 0 saturated heterocycles. The molecule has 0 N–H and O–H groups in total. The van der Waals surface area contributed by atoms with Gasteiger partial charge in [0, 0.05) is 6.92 Å². The number of carbonyl (C=O) groups excluding carboxylic acids is 1. The zero-order valence-corrected chi connectivity index (χ0v) is 6.77. The van der Waals surface area contributed by atoms with E-state index in [0.29, 0.717) is 0 Å². The third-order valence-corrected chi connectivity index (χ3v) is 0.440. The fourth-order valence-electron chi connectivity index (χ4n) is 0.0830. The predicted molar refractivity (Wildman–Crippen MR) is 19.9 cm³/mol. The van der Waals surface area contributed by atoms with Gasteiger partial charge in [0.05, 0.1) is 0 Å². The Morgan fingerprint density at radius 2 is 2.12 bits per heavy atom. The monoisotopic (exact) mass is 126 g/mol. The molecule has 2 nitrogen and oxygen atoms in total. The zero-order chi connectivity index (χ0) is 5.86. The molecule has 0 rings (SSSR count). The minimum Gasteiger partial charge on any atom is -0.876 e. The van der Waals surface area contributed by atoms with E-state index in [2.05, 4.69) is 0 Å². The summed E-state index contributed by atoms with van der Waals surface area (Å²) in [5.74, 6) is -2.05. The second kappa shape index (κ2) is 5.28. The molecule has 8 heavy (non-hydrogen) atoms. The van der Waals surface area contributed by atoms with Gasteiger partial charge in [-0.3, -0.25) is 4.79 Å². The molecule has 0 aromatic rings. The molecule has 0 aromatic carbocycles.